The summed E-state index contributed by atoms with van der Waals surface area (Å²) in [6, 6.07) is 16.3. The van der Waals surface area contributed by atoms with Gasteiger partial charge in [-0.2, -0.15) is 0 Å². The largest absolute Gasteiger partial charge is 0.335 e. The molecule has 2 nitrogen and oxygen atoms in total. The predicted molar refractivity (Wildman–Crippen MR) is 90.0 cm³/mol. The zero-order chi connectivity index (χ0) is 15.5. The quantitative estimate of drug-likeness (QED) is 0.813. The summed E-state index contributed by atoms with van der Waals surface area (Å²) in [5, 5.41) is 0.682. The Morgan fingerprint density at radius 2 is 2.05 bits per heavy atom. The maximum Gasteiger partial charge on any atom is 0.227 e. The molecular formula is C19H20ClNO. The van der Waals surface area contributed by atoms with E-state index in [1.54, 1.807) is 0 Å². The lowest BCUT2D eigenvalue weighted by Crippen LogP contribution is -2.31. The monoisotopic (exact) mass is 313 g/mol. The van der Waals surface area contributed by atoms with E-state index in [0.29, 0.717) is 11.4 Å². The average molecular weight is 314 g/mol. The number of hydrogen-bond donors (Lipinski definition) is 0. The Kier molecular flexibility index (Phi) is 4.49. The first-order chi connectivity index (χ1) is 10.6. The number of nitrogens with zero attached hydrogens (tertiary/aromatic N) is 1. The van der Waals surface area contributed by atoms with Crippen LogP contribution in [0, 0.1) is 6.92 Å². The highest BCUT2D eigenvalue weighted by Crippen LogP contribution is 2.32. The first kappa shape index (κ1) is 15.1. The van der Waals surface area contributed by atoms with Crippen LogP contribution in [0.1, 0.15) is 35.6 Å². The van der Waals surface area contributed by atoms with E-state index >= 15 is 0 Å². The van der Waals surface area contributed by atoms with Crippen molar-refractivity contribution in [2.75, 3.05) is 6.54 Å². The fraction of sp³-hybridized carbons (Fsp3) is 0.316. The van der Waals surface area contributed by atoms with Crippen LogP contribution in [0.5, 0.6) is 0 Å². The summed E-state index contributed by atoms with van der Waals surface area (Å²) >= 11 is 6.01. The topological polar surface area (TPSA) is 20.3 Å². The van der Waals surface area contributed by atoms with Gasteiger partial charge in [0, 0.05) is 11.6 Å². The lowest BCUT2D eigenvalue weighted by atomic mass is 10.0. The molecule has 1 saturated heterocycles. The summed E-state index contributed by atoms with van der Waals surface area (Å²) in [5.74, 6) is 0.186. The Morgan fingerprint density at radius 1 is 1.23 bits per heavy atom. The van der Waals surface area contributed by atoms with Crippen LogP contribution in [0.4, 0.5) is 0 Å². The van der Waals surface area contributed by atoms with E-state index < -0.39 is 0 Å². The number of hydrogen-bond acceptors (Lipinski definition) is 1. The number of amides is 1. The molecule has 0 aliphatic carbocycles. The van der Waals surface area contributed by atoms with Gasteiger partial charge in [0.2, 0.25) is 5.91 Å². The molecule has 0 unspecified atom stereocenters. The van der Waals surface area contributed by atoms with E-state index in [1.165, 1.54) is 11.1 Å². The van der Waals surface area contributed by atoms with Gasteiger partial charge in [0.1, 0.15) is 0 Å². The second-order valence-corrected chi connectivity index (χ2v) is 6.40. The summed E-state index contributed by atoms with van der Waals surface area (Å²) in [7, 11) is 0. The summed E-state index contributed by atoms with van der Waals surface area (Å²) in [4.78, 5) is 14.7. The summed E-state index contributed by atoms with van der Waals surface area (Å²) in [6.45, 7) is 2.94. The fourth-order valence-corrected chi connectivity index (χ4v) is 3.43. The van der Waals surface area contributed by atoms with Crippen molar-refractivity contribution in [1.29, 1.82) is 0 Å². The van der Waals surface area contributed by atoms with E-state index in [-0.39, 0.29) is 11.9 Å². The van der Waals surface area contributed by atoms with E-state index in [9.17, 15) is 4.79 Å². The summed E-state index contributed by atoms with van der Waals surface area (Å²) in [5.41, 5.74) is 3.47. The predicted octanol–water partition coefficient (Wildman–Crippen LogP) is 4.55. The molecule has 1 amide bonds. The van der Waals surface area contributed by atoms with Gasteiger partial charge in [0.25, 0.3) is 0 Å². The van der Waals surface area contributed by atoms with Crippen LogP contribution >= 0.6 is 11.6 Å². The molecule has 1 atom stereocenters. The van der Waals surface area contributed by atoms with Gasteiger partial charge in [-0.3, -0.25) is 4.79 Å². The van der Waals surface area contributed by atoms with Crippen LogP contribution in [0.15, 0.2) is 48.5 Å². The van der Waals surface area contributed by atoms with E-state index in [1.807, 2.05) is 29.2 Å². The van der Waals surface area contributed by atoms with Crippen molar-refractivity contribution >= 4 is 17.5 Å². The molecule has 114 valence electrons. The second-order valence-electron chi connectivity index (χ2n) is 5.97. The Morgan fingerprint density at radius 3 is 2.82 bits per heavy atom. The molecule has 3 rings (SSSR count). The van der Waals surface area contributed by atoms with Gasteiger partial charge in [-0.1, -0.05) is 53.6 Å². The van der Waals surface area contributed by atoms with Crippen molar-refractivity contribution in [3.8, 4) is 0 Å². The van der Waals surface area contributed by atoms with Gasteiger partial charge in [-0.15, -0.1) is 0 Å². The highest BCUT2D eigenvalue weighted by atomic mass is 35.5. The first-order valence-corrected chi connectivity index (χ1v) is 8.12. The minimum atomic E-state index is 0.186. The Hall–Kier alpha value is -1.80. The van der Waals surface area contributed by atoms with Crippen molar-refractivity contribution in [2.24, 2.45) is 0 Å². The Bertz CT molecular complexity index is 683. The van der Waals surface area contributed by atoms with Crippen LogP contribution < -0.4 is 0 Å². The number of halogens is 1. The summed E-state index contributed by atoms with van der Waals surface area (Å²) in [6.07, 6.45) is 2.54. The maximum atomic E-state index is 12.7. The molecule has 1 heterocycles. The Balaban J connectivity index is 1.76. The first-order valence-electron chi connectivity index (χ1n) is 7.74. The van der Waals surface area contributed by atoms with Crippen molar-refractivity contribution in [2.45, 2.75) is 32.2 Å². The number of benzene rings is 2. The minimum absolute atomic E-state index is 0.186. The second kappa shape index (κ2) is 6.53. The van der Waals surface area contributed by atoms with E-state index in [4.69, 9.17) is 11.6 Å². The third-order valence-corrected chi connectivity index (χ3v) is 4.48. The molecule has 3 heteroatoms. The molecule has 0 spiro atoms. The van der Waals surface area contributed by atoms with Crippen molar-refractivity contribution in [3.05, 3.63) is 70.2 Å². The summed E-state index contributed by atoms with van der Waals surface area (Å²) < 4.78 is 0. The lowest BCUT2D eigenvalue weighted by Gasteiger charge is -2.25. The normalized spacial score (nSPS) is 17.7. The number of rotatable bonds is 3. The molecule has 2 aromatic rings. The highest BCUT2D eigenvalue weighted by molar-refractivity contribution is 6.30. The van der Waals surface area contributed by atoms with Gasteiger partial charge in [-0.25, -0.2) is 0 Å². The average Bonchev–Trinajstić information content (AvgIpc) is 2.97. The molecule has 1 fully saturated rings. The third-order valence-electron chi connectivity index (χ3n) is 4.24. The molecule has 0 radical (unpaired) electrons. The van der Waals surface area contributed by atoms with Gasteiger partial charge < -0.3 is 4.90 Å². The smallest absolute Gasteiger partial charge is 0.227 e. The molecule has 0 bridgehead atoms. The lowest BCUT2D eigenvalue weighted by molar-refractivity contribution is -0.131. The van der Waals surface area contributed by atoms with Gasteiger partial charge >= 0.3 is 0 Å². The van der Waals surface area contributed by atoms with Crippen molar-refractivity contribution < 1.29 is 4.79 Å². The molecule has 0 aromatic heterocycles. The number of carbonyl (C=O) groups is 1. The SMILES string of the molecule is Cc1cccc([C@@H]2CCCN2C(=O)Cc2cccc(Cl)c2)c1. The van der Waals surface area contributed by atoms with Crippen LogP contribution in [0.2, 0.25) is 5.02 Å². The van der Waals surface area contributed by atoms with Crippen LogP contribution in [-0.2, 0) is 11.2 Å². The molecular weight excluding hydrogens is 294 g/mol. The molecule has 2 aromatic carbocycles. The van der Waals surface area contributed by atoms with Gasteiger partial charge in [-0.05, 0) is 43.0 Å². The van der Waals surface area contributed by atoms with Crippen LogP contribution in [0.25, 0.3) is 0 Å². The van der Waals surface area contributed by atoms with Gasteiger partial charge in [0.05, 0.1) is 12.5 Å². The fourth-order valence-electron chi connectivity index (χ4n) is 3.21. The van der Waals surface area contributed by atoms with Crippen LogP contribution in [0.3, 0.4) is 0 Å². The molecule has 1 aliphatic rings. The zero-order valence-corrected chi connectivity index (χ0v) is 13.5. The number of carbonyl (C=O) groups excluding carboxylic acids is 1. The van der Waals surface area contributed by atoms with Crippen LogP contribution in [-0.4, -0.2) is 17.4 Å². The maximum absolute atomic E-state index is 12.7. The van der Waals surface area contributed by atoms with E-state index in [0.717, 1.165) is 24.9 Å². The molecule has 22 heavy (non-hydrogen) atoms. The molecule has 0 N–H and O–H groups in total. The zero-order valence-electron chi connectivity index (χ0n) is 12.8. The highest BCUT2D eigenvalue weighted by Gasteiger charge is 2.29. The molecule has 0 saturated carbocycles. The third kappa shape index (κ3) is 3.33. The van der Waals surface area contributed by atoms with Crippen molar-refractivity contribution in [3.63, 3.8) is 0 Å². The number of aryl methyl sites for hydroxylation is 1. The Labute approximate surface area is 136 Å². The molecule has 1 aliphatic heterocycles. The minimum Gasteiger partial charge on any atom is -0.335 e. The van der Waals surface area contributed by atoms with Gasteiger partial charge in [0.15, 0.2) is 0 Å². The van der Waals surface area contributed by atoms with E-state index in [2.05, 4.69) is 31.2 Å². The number of likely N-dealkylation sites (tertiary alicyclic amines) is 1. The van der Waals surface area contributed by atoms with Crippen molar-refractivity contribution in [1.82, 2.24) is 4.90 Å². The standard InChI is InChI=1S/C19H20ClNO/c1-14-5-2-7-16(11-14)18-9-4-10-21(18)19(22)13-15-6-3-8-17(20)12-15/h2-3,5-8,11-12,18H,4,9-10,13H2,1H3/t18-/m0/s1.